The highest BCUT2D eigenvalue weighted by Crippen LogP contribution is 2.38. The van der Waals surface area contributed by atoms with Gasteiger partial charge in [0.2, 0.25) is 11.7 Å². The molecule has 0 fully saturated rings. The maximum Gasteiger partial charge on any atom is 0.315 e. The average molecular weight is 437 g/mol. The highest BCUT2D eigenvalue weighted by molar-refractivity contribution is 5.83. The van der Waals surface area contributed by atoms with Crippen LogP contribution in [0.15, 0.2) is 52.4 Å². The fraction of sp³-hybridized carbons (Fsp3) is 0.227. The van der Waals surface area contributed by atoms with Crippen LogP contribution in [0.5, 0.6) is 11.5 Å². The predicted octanol–water partition coefficient (Wildman–Crippen LogP) is 3.58. The Morgan fingerprint density at radius 1 is 1.28 bits per heavy atom. The van der Waals surface area contributed by atoms with Gasteiger partial charge in [0.25, 0.3) is 5.56 Å². The second kappa shape index (κ2) is 10.2. The number of nitrogens with one attached hydrogen (secondary N) is 2. The largest absolute Gasteiger partial charge is 0.493 e. The van der Waals surface area contributed by atoms with Crippen LogP contribution in [0.25, 0.3) is 0 Å². The number of nitrogens with zero attached hydrogens (tertiary/aromatic N) is 3. The number of methoxy groups -OCH3 is 1. The Bertz CT molecular complexity index is 1210. The number of aromatic nitrogens is 2. The number of hydrogen-bond acceptors (Lipinski definition) is 8. The minimum absolute atomic E-state index is 0.0331. The van der Waals surface area contributed by atoms with Crippen LogP contribution in [0, 0.1) is 17.0 Å². The van der Waals surface area contributed by atoms with Crippen molar-refractivity contribution in [3.63, 3.8) is 0 Å². The first kappa shape index (κ1) is 22.5. The second-order valence-electron chi connectivity index (χ2n) is 6.92. The lowest BCUT2D eigenvalue weighted by Crippen LogP contribution is -2.11. The van der Waals surface area contributed by atoms with Crippen molar-refractivity contribution in [2.24, 2.45) is 5.10 Å². The van der Waals surface area contributed by atoms with Gasteiger partial charge in [-0.3, -0.25) is 19.9 Å². The van der Waals surface area contributed by atoms with Gasteiger partial charge in [-0.05, 0) is 25.0 Å². The van der Waals surface area contributed by atoms with Gasteiger partial charge in [0.05, 0.1) is 18.2 Å². The minimum atomic E-state index is -0.539. The van der Waals surface area contributed by atoms with Crippen LogP contribution in [0.2, 0.25) is 0 Å². The molecule has 0 unspecified atom stereocenters. The summed E-state index contributed by atoms with van der Waals surface area (Å²) in [7, 11) is 1.41. The maximum absolute atomic E-state index is 11.7. The van der Waals surface area contributed by atoms with E-state index < -0.39 is 4.92 Å². The SMILES string of the molecule is CCc1cc(=O)[nH]c(N/N=C\c2cc(OC)c(OCc3cccc(C)c3)c([N+](=O)[O-])c2)n1. The topological polar surface area (TPSA) is 132 Å². The fourth-order valence-corrected chi connectivity index (χ4v) is 2.98. The van der Waals surface area contributed by atoms with Crippen LogP contribution in [-0.4, -0.2) is 28.2 Å². The number of H-pyrrole nitrogens is 1. The van der Waals surface area contributed by atoms with Crippen LogP contribution in [0.3, 0.4) is 0 Å². The third-order valence-electron chi connectivity index (χ3n) is 4.48. The van der Waals surface area contributed by atoms with Gasteiger partial charge in [-0.2, -0.15) is 5.10 Å². The van der Waals surface area contributed by atoms with Gasteiger partial charge < -0.3 is 9.47 Å². The Balaban J connectivity index is 1.84. The molecule has 0 spiro atoms. The Morgan fingerprint density at radius 3 is 2.78 bits per heavy atom. The van der Waals surface area contributed by atoms with E-state index in [9.17, 15) is 14.9 Å². The van der Waals surface area contributed by atoms with E-state index in [1.165, 1.54) is 25.5 Å². The number of hydrogen-bond donors (Lipinski definition) is 2. The Labute approximate surface area is 184 Å². The standard InChI is InChI=1S/C22H23N5O5/c1-4-17-11-20(28)25-22(24-17)26-23-12-16-9-18(27(29)30)21(19(10-16)31-3)32-13-15-7-5-6-14(2)8-15/h5-12H,4,13H2,1-3H3,(H2,24,25,26,28)/b23-12-. The monoisotopic (exact) mass is 437 g/mol. The van der Waals surface area contributed by atoms with Gasteiger partial charge >= 0.3 is 5.69 Å². The third-order valence-corrected chi connectivity index (χ3v) is 4.48. The number of anilines is 1. The van der Waals surface area contributed by atoms with E-state index in [4.69, 9.17) is 9.47 Å². The molecule has 0 atom stereocenters. The van der Waals surface area contributed by atoms with Crippen molar-refractivity contribution in [3.8, 4) is 11.5 Å². The molecule has 0 amide bonds. The first-order chi connectivity index (χ1) is 15.4. The number of ether oxygens (including phenoxy) is 2. The molecule has 3 rings (SSSR count). The molecule has 2 N–H and O–H groups in total. The molecule has 0 aliphatic carbocycles. The second-order valence-corrected chi connectivity index (χ2v) is 6.92. The normalized spacial score (nSPS) is 10.8. The molecule has 0 aliphatic heterocycles. The van der Waals surface area contributed by atoms with Gasteiger partial charge in [0.15, 0.2) is 5.75 Å². The van der Waals surface area contributed by atoms with Crippen LogP contribution < -0.4 is 20.5 Å². The Kier molecular flexibility index (Phi) is 7.17. The van der Waals surface area contributed by atoms with E-state index in [2.05, 4.69) is 20.5 Å². The van der Waals surface area contributed by atoms with Crippen molar-refractivity contribution in [2.45, 2.75) is 26.9 Å². The molecule has 10 heteroatoms. The molecule has 1 heterocycles. The number of rotatable bonds is 9. The van der Waals surface area contributed by atoms with Gasteiger partial charge in [0.1, 0.15) is 6.61 Å². The molecule has 0 aliphatic rings. The number of aryl methyl sites for hydroxylation is 2. The van der Waals surface area contributed by atoms with E-state index in [-0.39, 0.29) is 35.3 Å². The molecule has 2 aromatic carbocycles. The first-order valence-electron chi connectivity index (χ1n) is 9.83. The van der Waals surface area contributed by atoms with Crippen LogP contribution in [-0.2, 0) is 13.0 Å². The fourth-order valence-electron chi connectivity index (χ4n) is 2.98. The van der Waals surface area contributed by atoms with Crippen molar-refractivity contribution in [2.75, 3.05) is 12.5 Å². The van der Waals surface area contributed by atoms with Crippen molar-refractivity contribution in [1.29, 1.82) is 0 Å². The van der Waals surface area contributed by atoms with E-state index in [0.717, 1.165) is 11.1 Å². The number of nitro groups is 1. The molecule has 0 bridgehead atoms. The number of nitro benzene ring substituents is 1. The molecule has 166 valence electrons. The lowest BCUT2D eigenvalue weighted by Gasteiger charge is -2.12. The molecule has 10 nitrogen and oxygen atoms in total. The van der Waals surface area contributed by atoms with Crippen LogP contribution >= 0.6 is 0 Å². The number of aromatic amines is 1. The summed E-state index contributed by atoms with van der Waals surface area (Å²) in [6.07, 6.45) is 1.95. The summed E-state index contributed by atoms with van der Waals surface area (Å²) in [6, 6.07) is 12.0. The zero-order valence-corrected chi connectivity index (χ0v) is 17.9. The summed E-state index contributed by atoms with van der Waals surface area (Å²) in [5, 5.41) is 15.7. The van der Waals surface area contributed by atoms with Crippen molar-refractivity contribution in [3.05, 3.63) is 85.3 Å². The highest BCUT2D eigenvalue weighted by atomic mass is 16.6. The van der Waals surface area contributed by atoms with Crippen molar-refractivity contribution in [1.82, 2.24) is 9.97 Å². The molecular formula is C22H23N5O5. The molecule has 1 aromatic heterocycles. The molecule has 3 aromatic rings. The molecule has 32 heavy (non-hydrogen) atoms. The summed E-state index contributed by atoms with van der Waals surface area (Å²) in [5.41, 5.74) is 5.02. The molecule has 0 radical (unpaired) electrons. The van der Waals surface area contributed by atoms with Crippen LogP contribution in [0.1, 0.15) is 29.3 Å². The third kappa shape index (κ3) is 5.69. The Hall–Kier alpha value is -4.21. The first-order valence-corrected chi connectivity index (χ1v) is 9.83. The van der Waals surface area contributed by atoms with E-state index in [0.29, 0.717) is 17.7 Å². The van der Waals surface area contributed by atoms with Gasteiger partial charge in [-0.1, -0.05) is 36.8 Å². The summed E-state index contributed by atoms with van der Waals surface area (Å²) in [4.78, 5) is 29.5. The average Bonchev–Trinajstić information content (AvgIpc) is 2.77. The van der Waals surface area contributed by atoms with Gasteiger partial charge in [-0.15, -0.1) is 0 Å². The van der Waals surface area contributed by atoms with E-state index in [1.54, 1.807) is 6.07 Å². The summed E-state index contributed by atoms with van der Waals surface area (Å²) < 4.78 is 11.1. The van der Waals surface area contributed by atoms with Crippen LogP contribution in [0.4, 0.5) is 11.6 Å². The molecule has 0 saturated carbocycles. The summed E-state index contributed by atoms with van der Waals surface area (Å²) in [6.45, 7) is 3.99. The zero-order chi connectivity index (χ0) is 23.1. The van der Waals surface area contributed by atoms with E-state index in [1.807, 2.05) is 38.1 Å². The number of benzene rings is 2. The van der Waals surface area contributed by atoms with Crippen molar-refractivity contribution < 1.29 is 14.4 Å². The zero-order valence-electron chi connectivity index (χ0n) is 17.9. The predicted molar refractivity (Wildman–Crippen MR) is 121 cm³/mol. The molecule has 0 saturated heterocycles. The summed E-state index contributed by atoms with van der Waals surface area (Å²) in [5.74, 6) is 0.406. The van der Waals surface area contributed by atoms with E-state index >= 15 is 0 Å². The lowest BCUT2D eigenvalue weighted by atomic mass is 10.1. The summed E-state index contributed by atoms with van der Waals surface area (Å²) >= 11 is 0. The lowest BCUT2D eigenvalue weighted by molar-refractivity contribution is -0.386. The smallest absolute Gasteiger partial charge is 0.315 e. The number of hydrazone groups is 1. The van der Waals surface area contributed by atoms with Gasteiger partial charge in [0, 0.05) is 23.4 Å². The quantitative estimate of drug-likeness (QED) is 0.297. The minimum Gasteiger partial charge on any atom is -0.493 e. The maximum atomic E-state index is 11.7. The van der Waals surface area contributed by atoms with Gasteiger partial charge in [-0.25, -0.2) is 10.4 Å². The Morgan fingerprint density at radius 2 is 2.09 bits per heavy atom. The van der Waals surface area contributed by atoms with Crippen molar-refractivity contribution >= 4 is 17.9 Å². The highest BCUT2D eigenvalue weighted by Gasteiger charge is 2.22. The molecular weight excluding hydrogens is 414 g/mol.